The summed E-state index contributed by atoms with van der Waals surface area (Å²) >= 11 is 17.4. The number of nitrogens with zero attached hydrogens (tertiary/aromatic N) is 1. The minimum atomic E-state index is -4.57. The first-order valence-electron chi connectivity index (χ1n) is 8.04. The Morgan fingerprint density at radius 2 is 1.70 bits per heavy atom. The molecule has 0 fully saturated rings. The zero-order valence-electron chi connectivity index (χ0n) is 14.6. The Bertz CT molecular complexity index is 1110. The van der Waals surface area contributed by atoms with E-state index in [4.69, 9.17) is 39.5 Å². The highest BCUT2D eigenvalue weighted by atomic mass is 35.5. The van der Waals surface area contributed by atoms with E-state index in [1.165, 1.54) is 36.4 Å². The van der Waals surface area contributed by atoms with Gasteiger partial charge in [-0.15, -0.1) is 0 Å². The molecule has 0 spiro atoms. The van der Waals surface area contributed by atoms with Gasteiger partial charge in [0.25, 0.3) is 5.91 Å². The molecule has 0 aliphatic heterocycles. The van der Waals surface area contributed by atoms with Gasteiger partial charge in [-0.05, 0) is 42.5 Å². The lowest BCUT2D eigenvalue weighted by Crippen LogP contribution is -2.12. The summed E-state index contributed by atoms with van der Waals surface area (Å²) in [6.07, 6.45) is -3.96. The molecule has 11 heteroatoms. The van der Waals surface area contributed by atoms with Crippen LogP contribution in [-0.2, 0) is 6.18 Å². The van der Waals surface area contributed by atoms with E-state index in [1.54, 1.807) is 0 Å². The summed E-state index contributed by atoms with van der Waals surface area (Å²) in [4.78, 5) is 15.9. The lowest BCUT2D eigenvalue weighted by atomic mass is 10.2. The number of benzene rings is 2. The summed E-state index contributed by atoms with van der Waals surface area (Å²) < 4.78 is 43.4. The quantitative estimate of drug-likeness (QED) is 0.433. The Kier molecular flexibility index (Phi) is 6.30. The number of aromatic nitrogens is 1. The highest BCUT2D eigenvalue weighted by molar-refractivity contribution is 6.36. The molecule has 156 valence electrons. The number of hydrogen-bond donors (Lipinski definition) is 2. The van der Waals surface area contributed by atoms with E-state index in [9.17, 15) is 23.1 Å². The van der Waals surface area contributed by atoms with E-state index in [2.05, 4.69) is 10.3 Å². The van der Waals surface area contributed by atoms with Gasteiger partial charge < -0.3 is 15.2 Å². The molecule has 0 saturated heterocycles. The van der Waals surface area contributed by atoms with Gasteiger partial charge in [-0.3, -0.25) is 4.79 Å². The van der Waals surface area contributed by atoms with Crippen LogP contribution in [0.3, 0.4) is 0 Å². The van der Waals surface area contributed by atoms with Crippen molar-refractivity contribution in [2.75, 3.05) is 5.32 Å². The van der Waals surface area contributed by atoms with Crippen molar-refractivity contribution in [3.63, 3.8) is 0 Å². The summed E-state index contributed by atoms with van der Waals surface area (Å²) in [5, 5.41) is 12.2. The number of hydrogen-bond acceptors (Lipinski definition) is 4. The highest BCUT2D eigenvalue weighted by Crippen LogP contribution is 2.35. The van der Waals surface area contributed by atoms with E-state index in [-0.39, 0.29) is 32.3 Å². The van der Waals surface area contributed by atoms with Gasteiger partial charge in [0.05, 0.1) is 16.1 Å². The smallest absolute Gasteiger partial charge is 0.417 e. The lowest BCUT2D eigenvalue weighted by molar-refractivity contribution is -0.137. The van der Waals surface area contributed by atoms with Crippen LogP contribution >= 0.6 is 34.8 Å². The van der Waals surface area contributed by atoms with Gasteiger partial charge in [0.15, 0.2) is 0 Å². The number of carbonyl (C=O) groups is 1. The van der Waals surface area contributed by atoms with Crippen LogP contribution in [0.1, 0.15) is 15.9 Å². The second-order valence-corrected chi connectivity index (χ2v) is 7.12. The number of carbonyl (C=O) groups excluding carboxylic acids is 1. The Hall–Kier alpha value is -2.68. The van der Waals surface area contributed by atoms with Crippen molar-refractivity contribution in [3.05, 3.63) is 74.9 Å². The monoisotopic (exact) mass is 476 g/mol. The third kappa shape index (κ3) is 5.08. The predicted octanol–water partition coefficient (Wildman–Crippen LogP) is 6.81. The third-order valence-corrected chi connectivity index (χ3v) is 4.51. The standard InChI is InChI=1S/C19H10Cl3F3N2O3/c20-10-6-13(16(28)14(21)7-10)17(29)27-11-1-3-12(4-2-11)30-18-15(22)5-9(8-26-18)19(23,24)25/h1-8,28H,(H,27,29). The topological polar surface area (TPSA) is 71.5 Å². The molecule has 5 nitrogen and oxygen atoms in total. The van der Waals surface area contributed by atoms with E-state index < -0.39 is 23.4 Å². The van der Waals surface area contributed by atoms with Crippen molar-refractivity contribution in [2.45, 2.75) is 6.18 Å². The largest absolute Gasteiger partial charge is 0.506 e. The molecule has 0 unspecified atom stereocenters. The van der Waals surface area contributed by atoms with Gasteiger partial charge in [0, 0.05) is 16.9 Å². The molecule has 1 amide bonds. The first kappa shape index (κ1) is 22.0. The fourth-order valence-electron chi connectivity index (χ4n) is 2.31. The van der Waals surface area contributed by atoms with Crippen molar-refractivity contribution >= 4 is 46.4 Å². The minimum absolute atomic E-state index is 0.0719. The number of aromatic hydroxyl groups is 1. The molecule has 0 bridgehead atoms. The second-order valence-electron chi connectivity index (χ2n) is 5.87. The molecule has 1 heterocycles. The summed E-state index contributed by atoms with van der Waals surface area (Å²) in [6, 6.07) is 9.08. The lowest BCUT2D eigenvalue weighted by Gasteiger charge is -2.11. The molecule has 2 N–H and O–H groups in total. The van der Waals surface area contributed by atoms with E-state index in [0.717, 1.165) is 0 Å². The van der Waals surface area contributed by atoms with Crippen LogP contribution in [-0.4, -0.2) is 16.0 Å². The van der Waals surface area contributed by atoms with Crippen molar-refractivity contribution in [2.24, 2.45) is 0 Å². The number of phenolic OH excluding ortho intramolecular Hbond substituents is 1. The van der Waals surface area contributed by atoms with Crippen LogP contribution in [0.5, 0.6) is 17.4 Å². The number of halogens is 6. The maximum Gasteiger partial charge on any atom is 0.417 e. The number of rotatable bonds is 4. The average molecular weight is 478 g/mol. The number of anilines is 1. The zero-order valence-corrected chi connectivity index (χ0v) is 16.9. The Morgan fingerprint density at radius 1 is 1.03 bits per heavy atom. The average Bonchev–Trinajstić information content (AvgIpc) is 2.66. The maximum absolute atomic E-state index is 12.7. The number of pyridine rings is 1. The molecule has 0 atom stereocenters. The fraction of sp³-hybridized carbons (Fsp3) is 0.0526. The van der Waals surface area contributed by atoms with Crippen LogP contribution in [0, 0.1) is 0 Å². The molecule has 30 heavy (non-hydrogen) atoms. The molecule has 3 aromatic rings. The van der Waals surface area contributed by atoms with E-state index >= 15 is 0 Å². The summed E-state index contributed by atoms with van der Waals surface area (Å²) in [6.45, 7) is 0. The Labute approximate surface area is 183 Å². The van der Waals surface area contributed by atoms with E-state index in [1.807, 2.05) is 0 Å². The van der Waals surface area contributed by atoms with Crippen molar-refractivity contribution in [1.82, 2.24) is 4.98 Å². The summed E-state index contributed by atoms with van der Waals surface area (Å²) in [5.74, 6) is -1.06. The Balaban J connectivity index is 1.72. The summed E-state index contributed by atoms with van der Waals surface area (Å²) in [7, 11) is 0. The van der Waals surface area contributed by atoms with Gasteiger partial charge in [-0.2, -0.15) is 13.2 Å². The number of phenols is 1. The van der Waals surface area contributed by atoms with Crippen molar-refractivity contribution in [1.29, 1.82) is 0 Å². The molecule has 0 aliphatic carbocycles. The normalized spacial score (nSPS) is 11.3. The fourth-order valence-corrected chi connectivity index (χ4v) is 3.01. The molecular weight excluding hydrogens is 468 g/mol. The number of amides is 1. The zero-order chi connectivity index (χ0) is 22.1. The maximum atomic E-state index is 12.7. The molecule has 0 saturated carbocycles. The van der Waals surface area contributed by atoms with E-state index in [0.29, 0.717) is 18.0 Å². The third-order valence-electron chi connectivity index (χ3n) is 3.73. The molecule has 0 radical (unpaired) electrons. The minimum Gasteiger partial charge on any atom is -0.506 e. The Morgan fingerprint density at radius 3 is 2.30 bits per heavy atom. The summed E-state index contributed by atoms with van der Waals surface area (Å²) in [5.41, 5.74) is -0.773. The van der Waals surface area contributed by atoms with Crippen molar-refractivity contribution < 1.29 is 27.8 Å². The SMILES string of the molecule is O=C(Nc1ccc(Oc2ncc(C(F)(F)F)cc2Cl)cc1)c1cc(Cl)cc(Cl)c1O. The van der Waals surface area contributed by atoms with Gasteiger partial charge >= 0.3 is 6.18 Å². The van der Waals surface area contributed by atoms with Crippen LogP contribution in [0.2, 0.25) is 15.1 Å². The number of nitrogens with one attached hydrogen (secondary N) is 1. The molecule has 0 aliphatic rings. The predicted molar refractivity (Wildman–Crippen MR) is 107 cm³/mol. The van der Waals surface area contributed by atoms with Gasteiger partial charge in [-0.25, -0.2) is 4.98 Å². The molecule has 1 aromatic heterocycles. The highest BCUT2D eigenvalue weighted by Gasteiger charge is 2.31. The van der Waals surface area contributed by atoms with Crippen LogP contribution in [0.15, 0.2) is 48.7 Å². The van der Waals surface area contributed by atoms with Crippen LogP contribution < -0.4 is 10.1 Å². The van der Waals surface area contributed by atoms with Crippen LogP contribution in [0.25, 0.3) is 0 Å². The number of ether oxygens (including phenoxy) is 1. The van der Waals surface area contributed by atoms with Gasteiger partial charge in [0.2, 0.25) is 5.88 Å². The van der Waals surface area contributed by atoms with Crippen LogP contribution in [0.4, 0.5) is 18.9 Å². The number of alkyl halides is 3. The van der Waals surface area contributed by atoms with Crippen molar-refractivity contribution in [3.8, 4) is 17.4 Å². The first-order chi connectivity index (χ1) is 14.0. The molecule has 3 rings (SSSR count). The van der Waals surface area contributed by atoms with Gasteiger partial charge in [0.1, 0.15) is 16.5 Å². The second kappa shape index (κ2) is 8.59. The molecular formula is C19H10Cl3F3N2O3. The molecule has 2 aromatic carbocycles. The van der Waals surface area contributed by atoms with Gasteiger partial charge in [-0.1, -0.05) is 34.8 Å². The first-order valence-corrected chi connectivity index (χ1v) is 9.18.